The van der Waals surface area contributed by atoms with Crippen molar-refractivity contribution in [2.24, 2.45) is 5.92 Å². The third-order valence-corrected chi connectivity index (χ3v) is 3.11. The van der Waals surface area contributed by atoms with Gasteiger partial charge in [-0.3, -0.25) is 0 Å². The first kappa shape index (κ1) is 12.0. The van der Waals surface area contributed by atoms with Gasteiger partial charge in [0.1, 0.15) is 0 Å². The van der Waals surface area contributed by atoms with Gasteiger partial charge in [0.25, 0.3) is 0 Å². The second-order valence-electron chi connectivity index (χ2n) is 2.80. The monoisotopic (exact) mass is 284 g/mol. The molecular weight excluding hydrogens is 269 g/mol. The van der Waals surface area contributed by atoms with E-state index in [4.69, 9.17) is 5.11 Å². The molecule has 0 rings (SSSR count). The molecule has 1 unspecified atom stereocenters. The van der Waals surface area contributed by atoms with Gasteiger partial charge in [0.2, 0.25) is 0 Å². The van der Waals surface area contributed by atoms with Crippen molar-refractivity contribution in [3.8, 4) is 0 Å². The normalized spacial score (nSPS) is 13.0. The number of hydrogen-bond acceptors (Lipinski definition) is 1. The quantitative estimate of drug-likeness (QED) is 0.762. The van der Waals surface area contributed by atoms with Gasteiger partial charge in [-0.15, -0.1) is 0 Å². The van der Waals surface area contributed by atoms with Crippen molar-refractivity contribution in [1.82, 2.24) is 5.32 Å². The molecule has 0 bridgehead atoms. The SMILES string of the molecule is CCCC(C)[C](I)CNC(=O)O. The van der Waals surface area contributed by atoms with E-state index >= 15 is 0 Å². The molecule has 0 aromatic carbocycles. The second-order valence-corrected chi connectivity index (χ2v) is 4.18. The van der Waals surface area contributed by atoms with Gasteiger partial charge in [-0.05, 0) is 12.3 Å². The van der Waals surface area contributed by atoms with Crippen molar-refractivity contribution in [1.29, 1.82) is 0 Å². The summed E-state index contributed by atoms with van der Waals surface area (Å²) in [5, 5.41) is 10.7. The number of hydrogen-bond donors (Lipinski definition) is 2. The van der Waals surface area contributed by atoms with Crippen LogP contribution < -0.4 is 5.32 Å². The molecular formula is C8H15INO2. The fourth-order valence-corrected chi connectivity index (χ4v) is 1.43. The predicted molar refractivity (Wildman–Crippen MR) is 57.4 cm³/mol. The van der Waals surface area contributed by atoms with E-state index in [2.05, 4.69) is 41.8 Å². The first-order chi connectivity index (χ1) is 5.57. The molecule has 12 heavy (non-hydrogen) atoms. The number of amides is 1. The highest BCUT2D eigenvalue weighted by molar-refractivity contribution is 14.1. The Bertz CT molecular complexity index is 141. The van der Waals surface area contributed by atoms with E-state index < -0.39 is 6.09 Å². The molecule has 0 aliphatic carbocycles. The molecule has 4 heteroatoms. The summed E-state index contributed by atoms with van der Waals surface area (Å²) >= 11 is 2.22. The second kappa shape index (κ2) is 6.51. The van der Waals surface area contributed by atoms with Crippen LogP contribution >= 0.6 is 22.6 Å². The minimum absolute atomic E-state index is 0.469. The lowest BCUT2D eigenvalue weighted by Gasteiger charge is -2.16. The molecule has 0 aliphatic rings. The molecule has 0 aliphatic heterocycles. The fourth-order valence-electron chi connectivity index (χ4n) is 0.924. The smallest absolute Gasteiger partial charge is 0.404 e. The van der Waals surface area contributed by atoms with Crippen molar-refractivity contribution < 1.29 is 9.90 Å². The van der Waals surface area contributed by atoms with Crippen LogP contribution in [0.5, 0.6) is 0 Å². The van der Waals surface area contributed by atoms with Gasteiger partial charge < -0.3 is 10.4 Å². The molecule has 2 N–H and O–H groups in total. The minimum Gasteiger partial charge on any atom is -0.465 e. The lowest BCUT2D eigenvalue weighted by Crippen LogP contribution is -2.26. The van der Waals surface area contributed by atoms with Gasteiger partial charge in [-0.2, -0.15) is 0 Å². The van der Waals surface area contributed by atoms with Crippen molar-refractivity contribution in [2.45, 2.75) is 26.7 Å². The highest BCUT2D eigenvalue weighted by atomic mass is 127. The number of rotatable bonds is 5. The summed E-state index contributed by atoms with van der Waals surface area (Å²) in [5.74, 6) is 0.502. The van der Waals surface area contributed by atoms with Gasteiger partial charge in [0.15, 0.2) is 0 Å². The average molecular weight is 284 g/mol. The third-order valence-electron chi connectivity index (χ3n) is 1.66. The van der Waals surface area contributed by atoms with Crippen LogP contribution in [-0.2, 0) is 0 Å². The Balaban J connectivity index is 3.55. The standard InChI is InChI=1S/C8H15INO2/c1-3-4-6(2)7(9)5-10-8(11)12/h6,10H,3-5H2,1-2H3,(H,11,12). The Morgan fingerprint density at radius 3 is 2.67 bits per heavy atom. The van der Waals surface area contributed by atoms with E-state index in [1.165, 1.54) is 3.92 Å². The first-order valence-electron chi connectivity index (χ1n) is 4.06. The van der Waals surface area contributed by atoms with Gasteiger partial charge in [0, 0.05) is 6.54 Å². The van der Waals surface area contributed by atoms with Crippen molar-refractivity contribution in [3.63, 3.8) is 0 Å². The van der Waals surface area contributed by atoms with E-state index in [9.17, 15) is 4.79 Å². The molecule has 3 nitrogen and oxygen atoms in total. The van der Waals surface area contributed by atoms with Crippen LogP contribution in [0.1, 0.15) is 26.7 Å². The summed E-state index contributed by atoms with van der Waals surface area (Å²) in [6, 6.07) is 0. The molecule has 0 fully saturated rings. The molecule has 0 saturated heterocycles. The molecule has 0 heterocycles. The fraction of sp³-hybridized carbons (Fsp3) is 0.750. The number of carbonyl (C=O) groups is 1. The van der Waals surface area contributed by atoms with Crippen molar-refractivity contribution >= 4 is 28.7 Å². The third kappa shape index (κ3) is 5.62. The van der Waals surface area contributed by atoms with Crippen LogP contribution in [0.25, 0.3) is 0 Å². The Kier molecular flexibility index (Phi) is 6.51. The largest absolute Gasteiger partial charge is 0.465 e. The Morgan fingerprint density at radius 2 is 2.25 bits per heavy atom. The maximum Gasteiger partial charge on any atom is 0.404 e. The van der Waals surface area contributed by atoms with Crippen LogP contribution in [0.15, 0.2) is 0 Å². The van der Waals surface area contributed by atoms with E-state index in [0.717, 1.165) is 12.8 Å². The van der Waals surface area contributed by atoms with Crippen LogP contribution in [0.3, 0.4) is 0 Å². The molecule has 1 radical (unpaired) electrons. The number of nitrogens with one attached hydrogen (secondary N) is 1. The summed E-state index contributed by atoms with van der Waals surface area (Å²) < 4.78 is 1.18. The Morgan fingerprint density at radius 1 is 1.67 bits per heavy atom. The molecule has 1 atom stereocenters. The molecule has 0 aromatic heterocycles. The molecule has 0 saturated carbocycles. The van der Waals surface area contributed by atoms with Crippen LogP contribution in [-0.4, -0.2) is 17.7 Å². The zero-order valence-corrected chi connectivity index (χ0v) is 9.59. The Labute approximate surface area is 87.1 Å². The number of halogens is 1. The van der Waals surface area contributed by atoms with Crippen molar-refractivity contribution in [2.75, 3.05) is 6.54 Å². The van der Waals surface area contributed by atoms with E-state index in [0.29, 0.717) is 12.5 Å². The summed E-state index contributed by atoms with van der Waals surface area (Å²) in [7, 11) is 0. The van der Waals surface area contributed by atoms with Gasteiger partial charge in [-0.25, -0.2) is 4.79 Å². The number of carboxylic acid groups (broad SMARTS) is 1. The van der Waals surface area contributed by atoms with Gasteiger partial charge >= 0.3 is 6.09 Å². The summed E-state index contributed by atoms with van der Waals surface area (Å²) in [6.45, 7) is 4.72. The van der Waals surface area contributed by atoms with Crippen LogP contribution in [0.2, 0.25) is 0 Å². The zero-order valence-electron chi connectivity index (χ0n) is 7.43. The van der Waals surface area contributed by atoms with Crippen LogP contribution in [0, 0.1) is 9.84 Å². The summed E-state index contributed by atoms with van der Waals surface area (Å²) in [6.07, 6.45) is 1.31. The lowest BCUT2D eigenvalue weighted by atomic mass is 10.0. The lowest BCUT2D eigenvalue weighted by molar-refractivity contribution is 0.195. The highest BCUT2D eigenvalue weighted by Gasteiger charge is 2.14. The minimum atomic E-state index is -0.951. The molecule has 0 spiro atoms. The first-order valence-corrected chi connectivity index (χ1v) is 5.13. The summed E-state index contributed by atoms with van der Waals surface area (Å²) in [4.78, 5) is 10.2. The predicted octanol–water partition coefficient (Wildman–Crippen LogP) is 2.66. The average Bonchev–Trinajstić information content (AvgIpc) is 2.00. The van der Waals surface area contributed by atoms with E-state index in [1.807, 2.05) is 0 Å². The maximum absolute atomic E-state index is 10.2. The zero-order chi connectivity index (χ0) is 9.56. The Hall–Kier alpha value is 0. The molecule has 0 aromatic rings. The van der Waals surface area contributed by atoms with Crippen LogP contribution in [0.4, 0.5) is 4.79 Å². The highest BCUT2D eigenvalue weighted by Crippen LogP contribution is 2.24. The van der Waals surface area contributed by atoms with E-state index in [1.54, 1.807) is 0 Å². The van der Waals surface area contributed by atoms with Gasteiger partial charge in [0.05, 0.1) is 3.92 Å². The topological polar surface area (TPSA) is 49.3 Å². The van der Waals surface area contributed by atoms with Crippen molar-refractivity contribution in [3.05, 3.63) is 3.92 Å². The summed E-state index contributed by atoms with van der Waals surface area (Å²) in [5.41, 5.74) is 0. The molecule has 1 amide bonds. The van der Waals surface area contributed by atoms with E-state index in [-0.39, 0.29) is 0 Å². The molecule has 71 valence electrons. The maximum atomic E-state index is 10.2. The van der Waals surface area contributed by atoms with Gasteiger partial charge in [-0.1, -0.05) is 42.9 Å².